The van der Waals surface area contributed by atoms with Gasteiger partial charge in [0, 0.05) is 31.7 Å². The summed E-state index contributed by atoms with van der Waals surface area (Å²) >= 11 is 0. The fraction of sp³-hybridized carbons (Fsp3) is 0.471. The van der Waals surface area contributed by atoms with Crippen LogP contribution in [0.1, 0.15) is 41.0 Å². The molecule has 7 nitrogen and oxygen atoms in total. The van der Waals surface area contributed by atoms with E-state index in [1.54, 1.807) is 18.6 Å². The van der Waals surface area contributed by atoms with Gasteiger partial charge in [0.05, 0.1) is 18.0 Å². The first-order valence-corrected chi connectivity index (χ1v) is 8.21. The average molecular weight is 325 g/mol. The Bertz CT molecular complexity index is 739. The number of ether oxygens (including phenoxy) is 1. The van der Waals surface area contributed by atoms with E-state index >= 15 is 0 Å². The van der Waals surface area contributed by atoms with Crippen LogP contribution >= 0.6 is 0 Å². The minimum atomic E-state index is -0.0773. The number of rotatable bonds is 2. The molecule has 0 radical (unpaired) electrons. The molecular weight excluding hydrogens is 306 g/mol. The molecule has 0 aliphatic carbocycles. The van der Waals surface area contributed by atoms with E-state index in [4.69, 9.17) is 4.74 Å². The van der Waals surface area contributed by atoms with Gasteiger partial charge in [0.15, 0.2) is 0 Å². The van der Waals surface area contributed by atoms with Crippen LogP contribution in [0.25, 0.3) is 0 Å². The van der Waals surface area contributed by atoms with Crippen molar-refractivity contribution < 1.29 is 9.53 Å². The molecule has 4 rings (SSSR count). The summed E-state index contributed by atoms with van der Waals surface area (Å²) in [7, 11) is 0. The molecule has 2 fully saturated rings. The number of carbonyl (C=O) groups excluding carboxylic acids is 1. The highest BCUT2D eigenvalue weighted by molar-refractivity contribution is 5.92. The monoisotopic (exact) mass is 325 g/mol. The third-order valence-electron chi connectivity index (χ3n) is 4.75. The fourth-order valence-corrected chi connectivity index (χ4v) is 3.53. The van der Waals surface area contributed by atoms with E-state index in [1.807, 2.05) is 17.9 Å². The molecule has 0 aromatic carbocycles. The number of hydrogen-bond donors (Lipinski definition) is 0. The van der Waals surface area contributed by atoms with Crippen LogP contribution in [0.4, 0.5) is 0 Å². The Morgan fingerprint density at radius 3 is 3.00 bits per heavy atom. The fourth-order valence-electron chi connectivity index (χ4n) is 3.53. The number of amides is 1. The van der Waals surface area contributed by atoms with Gasteiger partial charge in [-0.2, -0.15) is 0 Å². The summed E-state index contributed by atoms with van der Waals surface area (Å²) in [5, 5.41) is 0. The molecule has 0 saturated carbocycles. The summed E-state index contributed by atoms with van der Waals surface area (Å²) in [6.07, 6.45) is 8.33. The first-order chi connectivity index (χ1) is 11.7. The molecule has 0 bridgehead atoms. The number of fused-ring (bicyclic) bond motifs is 1. The molecule has 0 N–H and O–H groups in total. The van der Waals surface area contributed by atoms with Crippen molar-refractivity contribution in [3.05, 3.63) is 48.1 Å². The summed E-state index contributed by atoms with van der Waals surface area (Å²) in [6.45, 7) is 3.21. The lowest BCUT2D eigenvalue weighted by molar-refractivity contribution is -0.00585. The third kappa shape index (κ3) is 2.87. The van der Waals surface area contributed by atoms with Crippen molar-refractivity contribution in [2.75, 3.05) is 13.1 Å². The molecule has 124 valence electrons. The Hall–Kier alpha value is -2.41. The second kappa shape index (κ2) is 6.24. The lowest BCUT2D eigenvalue weighted by Gasteiger charge is -2.33. The smallest absolute Gasteiger partial charge is 0.274 e. The molecule has 24 heavy (non-hydrogen) atoms. The van der Waals surface area contributed by atoms with Crippen molar-refractivity contribution in [3.8, 4) is 0 Å². The van der Waals surface area contributed by atoms with Crippen LogP contribution < -0.4 is 0 Å². The number of likely N-dealkylation sites (tertiary alicyclic amines) is 1. The van der Waals surface area contributed by atoms with Gasteiger partial charge in [0.1, 0.15) is 17.6 Å². The van der Waals surface area contributed by atoms with Gasteiger partial charge in [-0.25, -0.2) is 15.0 Å². The Morgan fingerprint density at radius 2 is 2.21 bits per heavy atom. The van der Waals surface area contributed by atoms with Gasteiger partial charge < -0.3 is 9.64 Å². The van der Waals surface area contributed by atoms with Gasteiger partial charge in [0.2, 0.25) is 0 Å². The van der Waals surface area contributed by atoms with Crippen LogP contribution in [0.2, 0.25) is 0 Å². The van der Waals surface area contributed by atoms with Crippen molar-refractivity contribution in [2.24, 2.45) is 5.92 Å². The van der Waals surface area contributed by atoms with Gasteiger partial charge in [-0.1, -0.05) is 0 Å². The molecule has 4 heterocycles. The maximum Gasteiger partial charge on any atom is 0.274 e. The van der Waals surface area contributed by atoms with Crippen LogP contribution in [0.15, 0.2) is 30.9 Å². The molecular formula is C17H19N5O2. The van der Waals surface area contributed by atoms with Gasteiger partial charge in [-0.15, -0.1) is 0 Å². The van der Waals surface area contributed by atoms with E-state index < -0.39 is 0 Å². The average Bonchev–Trinajstić information content (AvgIpc) is 3.05. The highest BCUT2D eigenvalue weighted by Crippen LogP contribution is 2.40. The predicted molar refractivity (Wildman–Crippen MR) is 85.0 cm³/mol. The SMILES string of the molecule is Cc1nccc([C@H]2C[C@@H]3CCN(C(=O)c4cnccn4)C[C@H]3O2)n1. The lowest BCUT2D eigenvalue weighted by Crippen LogP contribution is -2.45. The molecule has 0 spiro atoms. The molecule has 3 atom stereocenters. The van der Waals surface area contributed by atoms with E-state index in [2.05, 4.69) is 19.9 Å². The Kier molecular flexibility index (Phi) is 3.93. The zero-order chi connectivity index (χ0) is 16.5. The number of carbonyl (C=O) groups is 1. The zero-order valence-corrected chi connectivity index (χ0v) is 13.5. The third-order valence-corrected chi connectivity index (χ3v) is 4.75. The molecule has 2 aliphatic rings. The highest BCUT2D eigenvalue weighted by atomic mass is 16.5. The van der Waals surface area contributed by atoms with Crippen LogP contribution in [-0.4, -0.2) is 49.9 Å². The maximum atomic E-state index is 12.5. The largest absolute Gasteiger partial charge is 0.367 e. The molecule has 7 heteroatoms. The summed E-state index contributed by atoms with van der Waals surface area (Å²) in [5.41, 5.74) is 1.32. The minimum absolute atomic E-state index is 0.00623. The van der Waals surface area contributed by atoms with Crippen molar-refractivity contribution in [2.45, 2.75) is 32.0 Å². The minimum Gasteiger partial charge on any atom is -0.367 e. The van der Waals surface area contributed by atoms with E-state index in [9.17, 15) is 4.79 Å². The van der Waals surface area contributed by atoms with Crippen LogP contribution in [0.3, 0.4) is 0 Å². The number of piperidine rings is 1. The summed E-state index contributed by atoms with van der Waals surface area (Å²) in [6, 6.07) is 1.91. The Labute approximate surface area is 140 Å². The predicted octanol–water partition coefficient (Wildman–Crippen LogP) is 1.57. The summed E-state index contributed by atoms with van der Waals surface area (Å²) in [5.74, 6) is 1.15. The van der Waals surface area contributed by atoms with Crippen molar-refractivity contribution in [1.29, 1.82) is 0 Å². The van der Waals surface area contributed by atoms with Gasteiger partial charge >= 0.3 is 0 Å². The second-order valence-electron chi connectivity index (χ2n) is 6.32. The normalized spacial score (nSPS) is 26.2. The topological polar surface area (TPSA) is 81.1 Å². The Balaban J connectivity index is 1.45. The number of aromatic nitrogens is 4. The van der Waals surface area contributed by atoms with Gasteiger partial charge in [-0.05, 0) is 31.7 Å². The van der Waals surface area contributed by atoms with Gasteiger partial charge in [-0.3, -0.25) is 9.78 Å². The van der Waals surface area contributed by atoms with Crippen LogP contribution in [0, 0.1) is 12.8 Å². The van der Waals surface area contributed by atoms with Crippen molar-refractivity contribution in [3.63, 3.8) is 0 Å². The maximum absolute atomic E-state index is 12.5. The zero-order valence-electron chi connectivity index (χ0n) is 13.5. The van der Waals surface area contributed by atoms with Crippen molar-refractivity contribution in [1.82, 2.24) is 24.8 Å². The highest BCUT2D eigenvalue weighted by Gasteiger charge is 2.41. The number of hydrogen-bond acceptors (Lipinski definition) is 6. The van der Waals surface area contributed by atoms with Gasteiger partial charge in [0.25, 0.3) is 5.91 Å². The standard InChI is InChI=1S/C17H19N5O2/c1-11-19-4-2-13(21-11)15-8-12-3-7-22(10-16(12)24-15)17(23)14-9-18-5-6-20-14/h2,4-6,9,12,15-16H,3,7-8,10H2,1H3/t12-,15+,16+/m0/s1. The quantitative estimate of drug-likeness (QED) is 0.833. The number of nitrogens with zero attached hydrogens (tertiary/aromatic N) is 5. The summed E-state index contributed by atoms with van der Waals surface area (Å²) < 4.78 is 6.20. The first-order valence-electron chi connectivity index (χ1n) is 8.21. The van der Waals surface area contributed by atoms with E-state index in [1.165, 1.54) is 6.20 Å². The molecule has 0 unspecified atom stereocenters. The second-order valence-corrected chi connectivity index (χ2v) is 6.32. The van der Waals surface area contributed by atoms with Crippen LogP contribution in [-0.2, 0) is 4.74 Å². The Morgan fingerprint density at radius 1 is 1.29 bits per heavy atom. The summed E-state index contributed by atoms with van der Waals surface area (Å²) in [4.78, 5) is 31.0. The van der Waals surface area contributed by atoms with Crippen LogP contribution in [0.5, 0.6) is 0 Å². The molecule has 2 aromatic heterocycles. The molecule has 2 aromatic rings. The van der Waals surface area contributed by atoms with E-state index in [0.29, 0.717) is 18.2 Å². The van der Waals surface area contributed by atoms with E-state index in [0.717, 1.165) is 30.9 Å². The molecule has 1 amide bonds. The molecule has 2 saturated heterocycles. The van der Waals surface area contributed by atoms with Crippen molar-refractivity contribution >= 4 is 5.91 Å². The first kappa shape index (κ1) is 15.1. The van der Waals surface area contributed by atoms with E-state index in [-0.39, 0.29) is 18.1 Å². The lowest BCUT2D eigenvalue weighted by atomic mass is 9.91. The number of aryl methyl sites for hydroxylation is 1. The molecule has 2 aliphatic heterocycles.